The Balaban J connectivity index is 1.99. The Morgan fingerprint density at radius 1 is 1.43 bits per heavy atom. The van der Waals surface area contributed by atoms with E-state index in [9.17, 15) is 0 Å². The Morgan fingerprint density at radius 3 is 2.93 bits per heavy atom. The molecule has 1 aliphatic rings. The Bertz CT molecular complexity index is 297. The summed E-state index contributed by atoms with van der Waals surface area (Å²) in [5.74, 6) is 0. The van der Waals surface area contributed by atoms with Gasteiger partial charge in [-0.2, -0.15) is 0 Å². The van der Waals surface area contributed by atoms with Gasteiger partial charge in [0.2, 0.25) is 0 Å². The van der Waals surface area contributed by atoms with Crippen LogP contribution in [-0.2, 0) is 6.54 Å². The lowest BCUT2D eigenvalue weighted by Gasteiger charge is -2.27. The zero-order valence-electron chi connectivity index (χ0n) is 8.04. The van der Waals surface area contributed by atoms with E-state index in [0.717, 1.165) is 37.7 Å². The van der Waals surface area contributed by atoms with Gasteiger partial charge in [0.05, 0.1) is 5.02 Å². The zero-order valence-corrected chi connectivity index (χ0v) is 8.80. The minimum atomic E-state index is 0.769. The van der Waals surface area contributed by atoms with Gasteiger partial charge in [0, 0.05) is 45.1 Å². The summed E-state index contributed by atoms with van der Waals surface area (Å²) in [6.07, 6.45) is 3.50. The van der Waals surface area contributed by atoms with Gasteiger partial charge in [-0.3, -0.25) is 9.88 Å². The van der Waals surface area contributed by atoms with Crippen molar-refractivity contribution in [2.75, 3.05) is 26.2 Å². The van der Waals surface area contributed by atoms with Gasteiger partial charge in [0.1, 0.15) is 0 Å². The highest BCUT2D eigenvalue weighted by Gasteiger charge is 2.11. The molecule has 1 saturated heterocycles. The Morgan fingerprint density at radius 2 is 2.21 bits per heavy atom. The van der Waals surface area contributed by atoms with Crippen molar-refractivity contribution in [2.24, 2.45) is 0 Å². The molecule has 0 saturated carbocycles. The molecule has 1 N–H and O–H groups in total. The monoisotopic (exact) mass is 211 g/mol. The number of nitrogens with zero attached hydrogens (tertiary/aromatic N) is 2. The third kappa shape index (κ3) is 2.44. The first kappa shape index (κ1) is 9.90. The van der Waals surface area contributed by atoms with Crippen LogP contribution in [0.2, 0.25) is 5.02 Å². The van der Waals surface area contributed by atoms with Crippen LogP contribution in [-0.4, -0.2) is 36.1 Å². The number of piperazine rings is 1. The number of hydrogen-bond acceptors (Lipinski definition) is 3. The molecule has 0 aromatic carbocycles. The highest BCUT2D eigenvalue weighted by molar-refractivity contribution is 6.31. The van der Waals surface area contributed by atoms with Crippen molar-refractivity contribution in [3.8, 4) is 0 Å². The summed E-state index contributed by atoms with van der Waals surface area (Å²) in [5.41, 5.74) is 1.17. The maximum Gasteiger partial charge on any atom is 0.0634 e. The summed E-state index contributed by atoms with van der Waals surface area (Å²) in [6.45, 7) is 5.27. The predicted molar refractivity (Wildman–Crippen MR) is 57.4 cm³/mol. The Kier molecular flexibility index (Phi) is 3.35. The van der Waals surface area contributed by atoms with Crippen LogP contribution in [0.25, 0.3) is 0 Å². The summed E-state index contributed by atoms with van der Waals surface area (Å²) in [7, 11) is 0. The van der Waals surface area contributed by atoms with Crippen molar-refractivity contribution < 1.29 is 0 Å². The molecule has 1 aromatic heterocycles. The van der Waals surface area contributed by atoms with Crippen LogP contribution in [0.4, 0.5) is 0 Å². The van der Waals surface area contributed by atoms with Crippen LogP contribution in [0.1, 0.15) is 5.56 Å². The molecule has 0 radical (unpaired) electrons. The molecular weight excluding hydrogens is 198 g/mol. The minimum Gasteiger partial charge on any atom is -0.314 e. The summed E-state index contributed by atoms with van der Waals surface area (Å²) >= 11 is 6.04. The number of rotatable bonds is 2. The van der Waals surface area contributed by atoms with Crippen LogP contribution < -0.4 is 5.32 Å². The fourth-order valence-electron chi connectivity index (χ4n) is 1.64. The molecule has 76 valence electrons. The largest absolute Gasteiger partial charge is 0.314 e. The molecule has 0 spiro atoms. The van der Waals surface area contributed by atoms with E-state index in [1.165, 1.54) is 5.56 Å². The summed E-state index contributed by atoms with van der Waals surface area (Å²) < 4.78 is 0. The second-order valence-electron chi connectivity index (χ2n) is 3.49. The van der Waals surface area contributed by atoms with Gasteiger partial charge >= 0.3 is 0 Å². The molecule has 0 atom stereocenters. The molecule has 0 unspecified atom stereocenters. The van der Waals surface area contributed by atoms with Crippen molar-refractivity contribution in [3.63, 3.8) is 0 Å². The Labute approximate surface area is 89.1 Å². The summed E-state index contributed by atoms with van der Waals surface area (Å²) in [6, 6.07) is 1.99. The first-order valence-electron chi connectivity index (χ1n) is 4.88. The van der Waals surface area contributed by atoms with Gasteiger partial charge in [0.25, 0.3) is 0 Å². The van der Waals surface area contributed by atoms with E-state index in [0.29, 0.717) is 0 Å². The van der Waals surface area contributed by atoms with Gasteiger partial charge in [0.15, 0.2) is 0 Å². The van der Waals surface area contributed by atoms with Crippen molar-refractivity contribution in [1.82, 2.24) is 15.2 Å². The maximum atomic E-state index is 6.04. The van der Waals surface area contributed by atoms with Crippen molar-refractivity contribution in [2.45, 2.75) is 6.54 Å². The van der Waals surface area contributed by atoms with E-state index >= 15 is 0 Å². The van der Waals surface area contributed by atoms with E-state index in [4.69, 9.17) is 11.6 Å². The van der Waals surface area contributed by atoms with Crippen LogP contribution in [0, 0.1) is 0 Å². The fraction of sp³-hybridized carbons (Fsp3) is 0.500. The molecule has 1 aliphatic heterocycles. The van der Waals surface area contributed by atoms with E-state index in [-0.39, 0.29) is 0 Å². The number of nitrogens with one attached hydrogen (secondary N) is 1. The van der Waals surface area contributed by atoms with E-state index < -0.39 is 0 Å². The minimum absolute atomic E-state index is 0.769. The lowest BCUT2D eigenvalue weighted by molar-refractivity contribution is 0.233. The molecule has 2 heterocycles. The molecule has 4 heteroatoms. The van der Waals surface area contributed by atoms with E-state index in [1.807, 2.05) is 6.07 Å². The molecule has 1 aromatic rings. The number of pyridine rings is 1. The van der Waals surface area contributed by atoms with E-state index in [1.54, 1.807) is 12.4 Å². The van der Waals surface area contributed by atoms with Gasteiger partial charge in [-0.1, -0.05) is 11.6 Å². The van der Waals surface area contributed by atoms with Crippen molar-refractivity contribution >= 4 is 11.6 Å². The predicted octanol–water partition coefficient (Wildman–Crippen LogP) is 1.14. The topological polar surface area (TPSA) is 28.2 Å². The average molecular weight is 212 g/mol. The van der Waals surface area contributed by atoms with Gasteiger partial charge < -0.3 is 5.32 Å². The molecule has 3 nitrogen and oxygen atoms in total. The SMILES string of the molecule is Clc1cnccc1CN1CCNCC1. The zero-order chi connectivity index (χ0) is 9.80. The third-order valence-corrected chi connectivity index (χ3v) is 2.80. The second-order valence-corrected chi connectivity index (χ2v) is 3.90. The molecule has 0 aliphatic carbocycles. The smallest absolute Gasteiger partial charge is 0.0634 e. The van der Waals surface area contributed by atoms with Crippen molar-refractivity contribution in [3.05, 3.63) is 29.0 Å². The molecule has 0 bridgehead atoms. The highest BCUT2D eigenvalue weighted by atomic mass is 35.5. The second kappa shape index (κ2) is 4.73. The number of halogens is 1. The first-order chi connectivity index (χ1) is 6.86. The molecule has 1 fully saturated rings. The normalized spacial score (nSPS) is 18.4. The van der Waals surface area contributed by atoms with Crippen LogP contribution in [0.5, 0.6) is 0 Å². The van der Waals surface area contributed by atoms with E-state index in [2.05, 4.69) is 15.2 Å². The highest BCUT2D eigenvalue weighted by Crippen LogP contribution is 2.15. The van der Waals surface area contributed by atoms with Crippen LogP contribution in [0.15, 0.2) is 18.5 Å². The Hall–Kier alpha value is -0.640. The number of aromatic nitrogens is 1. The van der Waals surface area contributed by atoms with Crippen LogP contribution >= 0.6 is 11.6 Å². The molecular formula is C10H14ClN3. The number of hydrogen-bond donors (Lipinski definition) is 1. The van der Waals surface area contributed by atoms with Crippen molar-refractivity contribution in [1.29, 1.82) is 0 Å². The quantitative estimate of drug-likeness (QED) is 0.796. The van der Waals surface area contributed by atoms with Crippen LogP contribution in [0.3, 0.4) is 0 Å². The fourth-order valence-corrected chi connectivity index (χ4v) is 1.82. The van der Waals surface area contributed by atoms with Gasteiger partial charge in [-0.25, -0.2) is 0 Å². The summed E-state index contributed by atoms with van der Waals surface area (Å²) in [4.78, 5) is 6.38. The standard InChI is InChI=1S/C10H14ClN3/c11-10-7-13-2-1-9(10)8-14-5-3-12-4-6-14/h1-2,7,12H,3-6,8H2. The lowest BCUT2D eigenvalue weighted by Crippen LogP contribution is -2.42. The molecule has 14 heavy (non-hydrogen) atoms. The molecule has 0 amide bonds. The first-order valence-corrected chi connectivity index (χ1v) is 5.25. The van der Waals surface area contributed by atoms with Gasteiger partial charge in [-0.15, -0.1) is 0 Å². The van der Waals surface area contributed by atoms with Gasteiger partial charge in [-0.05, 0) is 11.6 Å². The summed E-state index contributed by atoms with van der Waals surface area (Å²) in [5, 5.41) is 4.10. The average Bonchev–Trinajstić information content (AvgIpc) is 2.23. The molecule has 2 rings (SSSR count). The lowest BCUT2D eigenvalue weighted by atomic mass is 10.2. The third-order valence-electron chi connectivity index (χ3n) is 2.46. The maximum absolute atomic E-state index is 6.04.